The molecule has 1 fully saturated rings. The molecule has 5 rings (SSSR count). The second-order valence-corrected chi connectivity index (χ2v) is 9.50. The van der Waals surface area contributed by atoms with Gasteiger partial charge in [-0.05, 0) is 54.9 Å². The molecule has 3 aromatic carbocycles. The van der Waals surface area contributed by atoms with Crippen LogP contribution in [0.25, 0.3) is 22.5 Å². The van der Waals surface area contributed by atoms with Gasteiger partial charge in [-0.25, -0.2) is 0 Å². The van der Waals surface area contributed by atoms with Crippen molar-refractivity contribution in [2.75, 3.05) is 18.5 Å². The fourth-order valence-corrected chi connectivity index (χ4v) is 4.83. The summed E-state index contributed by atoms with van der Waals surface area (Å²) in [6, 6.07) is 26.7. The van der Waals surface area contributed by atoms with Crippen molar-refractivity contribution in [2.24, 2.45) is 0 Å². The van der Waals surface area contributed by atoms with E-state index in [-0.39, 0.29) is 0 Å². The van der Waals surface area contributed by atoms with E-state index in [1.165, 1.54) is 5.56 Å². The van der Waals surface area contributed by atoms with Gasteiger partial charge in [-0.2, -0.15) is 0 Å². The molecule has 0 bridgehead atoms. The van der Waals surface area contributed by atoms with Crippen molar-refractivity contribution >= 4 is 11.7 Å². The van der Waals surface area contributed by atoms with E-state index in [1.54, 1.807) is 0 Å². The van der Waals surface area contributed by atoms with Gasteiger partial charge >= 0.3 is 5.97 Å². The van der Waals surface area contributed by atoms with Gasteiger partial charge < -0.3 is 14.5 Å². The number of benzene rings is 3. The fraction of sp³-hybridized carbons (Fsp3) is 0.267. The second-order valence-electron chi connectivity index (χ2n) is 9.50. The first-order chi connectivity index (χ1) is 17.0. The van der Waals surface area contributed by atoms with E-state index < -0.39 is 11.4 Å². The molecule has 0 aliphatic heterocycles. The normalized spacial score (nSPS) is 14.0. The summed E-state index contributed by atoms with van der Waals surface area (Å²) in [6.45, 7) is 2.89. The van der Waals surface area contributed by atoms with Crippen molar-refractivity contribution in [3.05, 3.63) is 95.7 Å². The van der Waals surface area contributed by atoms with Gasteiger partial charge in [0, 0.05) is 19.2 Å². The molecule has 35 heavy (non-hydrogen) atoms. The van der Waals surface area contributed by atoms with Crippen LogP contribution in [-0.4, -0.2) is 29.8 Å². The molecule has 178 valence electrons. The topological polar surface area (TPSA) is 66.6 Å². The lowest BCUT2D eigenvalue weighted by Gasteiger charge is -2.19. The molecule has 0 radical (unpaired) electrons. The van der Waals surface area contributed by atoms with Crippen molar-refractivity contribution in [3.63, 3.8) is 0 Å². The zero-order valence-electron chi connectivity index (χ0n) is 20.2. The van der Waals surface area contributed by atoms with E-state index in [2.05, 4.69) is 65.6 Å². The van der Waals surface area contributed by atoms with Crippen molar-refractivity contribution in [1.82, 2.24) is 5.16 Å². The molecule has 4 aromatic rings. The smallest absolute Gasteiger partial charge is 0.314 e. The van der Waals surface area contributed by atoms with E-state index in [1.807, 2.05) is 37.3 Å². The van der Waals surface area contributed by atoms with Crippen LogP contribution in [0.2, 0.25) is 0 Å². The van der Waals surface area contributed by atoms with Crippen LogP contribution in [0, 0.1) is 6.92 Å². The minimum atomic E-state index is -0.724. The number of hydrogen-bond acceptors (Lipinski definition) is 4. The number of aromatic nitrogens is 1. The van der Waals surface area contributed by atoms with Crippen LogP contribution in [0.5, 0.6) is 0 Å². The molecule has 5 nitrogen and oxygen atoms in total. The predicted molar refractivity (Wildman–Crippen MR) is 139 cm³/mol. The average Bonchev–Trinajstić information content (AvgIpc) is 3.61. The first-order valence-electron chi connectivity index (χ1n) is 12.1. The lowest BCUT2D eigenvalue weighted by atomic mass is 9.93. The second kappa shape index (κ2) is 9.41. The summed E-state index contributed by atoms with van der Waals surface area (Å²) in [5.41, 5.74) is 6.61. The monoisotopic (exact) mass is 466 g/mol. The third-order valence-electron chi connectivity index (χ3n) is 7.09. The number of aryl methyl sites for hydroxylation is 2. The highest BCUT2D eigenvalue weighted by Crippen LogP contribution is 2.48. The summed E-state index contributed by atoms with van der Waals surface area (Å²) in [7, 11) is 2.09. The largest absolute Gasteiger partial charge is 0.481 e. The third kappa shape index (κ3) is 4.59. The maximum Gasteiger partial charge on any atom is 0.314 e. The Bertz CT molecular complexity index is 1300. The van der Waals surface area contributed by atoms with Gasteiger partial charge in [0.2, 0.25) is 0 Å². The first-order valence-corrected chi connectivity index (χ1v) is 12.1. The number of carboxylic acid groups (broad SMARTS) is 1. The van der Waals surface area contributed by atoms with Crippen LogP contribution < -0.4 is 4.90 Å². The summed E-state index contributed by atoms with van der Waals surface area (Å²) in [5.74, 6) is 0.0570. The lowest BCUT2D eigenvalue weighted by molar-refractivity contribution is -0.140. The standard InChI is InChI=1S/C30H30N2O3/c1-21-27(32(2)20-6-9-22-7-4-3-5-8-22)28(35-31-21)25-12-10-23(11-13-25)24-14-16-26(17-15-24)30(18-19-30)29(33)34/h3-5,7-8,10-17H,6,9,18-20H2,1-2H3,(H,33,34). The maximum absolute atomic E-state index is 11.6. The number of aliphatic carboxylic acids is 1. The van der Waals surface area contributed by atoms with Gasteiger partial charge in [0.1, 0.15) is 11.4 Å². The van der Waals surface area contributed by atoms with Gasteiger partial charge in [-0.15, -0.1) is 0 Å². The van der Waals surface area contributed by atoms with Gasteiger partial charge in [0.15, 0.2) is 5.76 Å². The quantitative estimate of drug-likeness (QED) is 0.305. The summed E-state index contributed by atoms with van der Waals surface area (Å²) in [4.78, 5) is 13.8. The fourth-order valence-electron chi connectivity index (χ4n) is 4.83. The van der Waals surface area contributed by atoms with Crippen molar-refractivity contribution < 1.29 is 14.4 Å². The van der Waals surface area contributed by atoms with Crippen LogP contribution in [0.15, 0.2) is 83.4 Å². The molecule has 1 N–H and O–H groups in total. The Morgan fingerprint density at radius 3 is 2.14 bits per heavy atom. The maximum atomic E-state index is 11.6. The number of hydrogen-bond donors (Lipinski definition) is 1. The van der Waals surface area contributed by atoms with Gasteiger partial charge in [-0.3, -0.25) is 4.79 Å². The van der Waals surface area contributed by atoms with Crippen LogP contribution in [0.4, 0.5) is 5.69 Å². The van der Waals surface area contributed by atoms with Gasteiger partial charge in [-0.1, -0.05) is 84.0 Å². The average molecular weight is 467 g/mol. The molecule has 1 saturated carbocycles. The SMILES string of the molecule is Cc1noc(-c2ccc(-c3ccc(C4(C(=O)O)CC4)cc3)cc2)c1N(C)CCCc1ccccc1. The molecule has 0 saturated heterocycles. The van der Waals surface area contributed by atoms with Crippen molar-refractivity contribution in [3.8, 4) is 22.5 Å². The molecule has 1 heterocycles. The van der Waals surface area contributed by atoms with E-state index in [9.17, 15) is 9.90 Å². The zero-order valence-corrected chi connectivity index (χ0v) is 20.2. The Balaban J connectivity index is 1.29. The van der Waals surface area contributed by atoms with E-state index in [4.69, 9.17) is 4.52 Å². The third-order valence-corrected chi connectivity index (χ3v) is 7.09. The summed E-state index contributed by atoms with van der Waals surface area (Å²) in [6.07, 6.45) is 3.51. The molecule has 1 aliphatic rings. The molecular weight excluding hydrogens is 436 g/mol. The van der Waals surface area contributed by atoms with E-state index in [0.29, 0.717) is 0 Å². The van der Waals surface area contributed by atoms with Gasteiger partial charge in [0.05, 0.1) is 5.41 Å². The highest BCUT2D eigenvalue weighted by molar-refractivity contribution is 5.85. The van der Waals surface area contributed by atoms with Crippen LogP contribution in [-0.2, 0) is 16.6 Å². The molecule has 0 atom stereocenters. The minimum Gasteiger partial charge on any atom is -0.481 e. The molecular formula is C30H30N2O3. The Kier molecular flexibility index (Phi) is 6.16. The molecule has 1 aromatic heterocycles. The molecule has 5 heteroatoms. The zero-order chi connectivity index (χ0) is 24.4. The Morgan fingerprint density at radius 1 is 0.943 bits per heavy atom. The molecule has 0 unspecified atom stereocenters. The first kappa shape index (κ1) is 22.9. The number of carboxylic acids is 1. The van der Waals surface area contributed by atoms with Crippen molar-refractivity contribution in [2.45, 2.75) is 38.0 Å². The predicted octanol–water partition coefficient (Wildman–Crippen LogP) is 6.50. The lowest BCUT2D eigenvalue weighted by Crippen LogP contribution is -2.20. The van der Waals surface area contributed by atoms with Crippen molar-refractivity contribution in [1.29, 1.82) is 0 Å². The van der Waals surface area contributed by atoms with Crippen LogP contribution >= 0.6 is 0 Å². The summed E-state index contributed by atoms with van der Waals surface area (Å²) < 4.78 is 5.75. The molecule has 0 spiro atoms. The Morgan fingerprint density at radius 2 is 1.54 bits per heavy atom. The molecule has 1 aliphatic carbocycles. The number of nitrogens with zero attached hydrogens (tertiary/aromatic N) is 2. The highest BCUT2D eigenvalue weighted by Gasteiger charge is 2.51. The number of rotatable bonds is 9. The minimum absolute atomic E-state index is 0.671. The number of anilines is 1. The number of carbonyl (C=O) groups is 1. The van der Waals surface area contributed by atoms with Crippen LogP contribution in [0.3, 0.4) is 0 Å². The highest BCUT2D eigenvalue weighted by atomic mass is 16.5. The van der Waals surface area contributed by atoms with E-state index >= 15 is 0 Å². The van der Waals surface area contributed by atoms with Crippen LogP contribution in [0.1, 0.15) is 36.1 Å². The summed E-state index contributed by atoms with van der Waals surface area (Å²) in [5, 5.41) is 13.8. The van der Waals surface area contributed by atoms with E-state index in [0.717, 1.165) is 71.6 Å². The molecule has 0 amide bonds. The Labute approximate surface area is 206 Å². The summed E-state index contributed by atoms with van der Waals surface area (Å²) >= 11 is 0. The van der Waals surface area contributed by atoms with Gasteiger partial charge in [0.25, 0.3) is 0 Å². The Hall–Kier alpha value is -3.86.